The van der Waals surface area contributed by atoms with Crippen molar-refractivity contribution in [1.82, 2.24) is 4.98 Å². The molecule has 0 amide bonds. The third-order valence-electron chi connectivity index (χ3n) is 6.31. The lowest BCUT2D eigenvalue weighted by Gasteiger charge is -2.50. The van der Waals surface area contributed by atoms with E-state index in [0.29, 0.717) is 17.7 Å². The van der Waals surface area contributed by atoms with Crippen molar-refractivity contribution < 1.29 is 14.7 Å². The van der Waals surface area contributed by atoms with Crippen LogP contribution in [0.5, 0.6) is 5.75 Å². The molecule has 2 aliphatic rings. The molecule has 2 aromatic rings. The molecule has 1 fully saturated rings. The van der Waals surface area contributed by atoms with Crippen LogP contribution in [0.1, 0.15) is 37.1 Å². The summed E-state index contributed by atoms with van der Waals surface area (Å²) >= 11 is 0. The van der Waals surface area contributed by atoms with E-state index in [1.165, 1.54) is 22.2 Å². The summed E-state index contributed by atoms with van der Waals surface area (Å²) in [4.78, 5) is 3.65. The normalized spacial score (nSPS) is 31.2. The second-order valence-electron chi connectivity index (χ2n) is 7.68. The summed E-state index contributed by atoms with van der Waals surface area (Å²) in [5.74, 6) is 0.812. The monoisotopic (exact) mass is 327 g/mol. The molecule has 0 saturated carbocycles. The Morgan fingerprint density at radius 2 is 2.21 bits per heavy atom. The van der Waals surface area contributed by atoms with Gasteiger partial charge < -0.3 is 19.7 Å². The number of fused-ring (bicyclic) bond motifs is 5. The predicted molar refractivity (Wildman–Crippen MR) is 95.9 cm³/mol. The average molecular weight is 327 g/mol. The summed E-state index contributed by atoms with van der Waals surface area (Å²) in [5.41, 5.74) is 5.36. The molecule has 1 saturated heterocycles. The van der Waals surface area contributed by atoms with Gasteiger partial charge in [0.2, 0.25) is 0 Å². The zero-order valence-corrected chi connectivity index (χ0v) is 14.5. The van der Waals surface area contributed by atoms with E-state index in [-0.39, 0.29) is 6.61 Å². The van der Waals surface area contributed by atoms with Crippen LogP contribution in [0.25, 0.3) is 10.9 Å². The molecule has 0 spiro atoms. The number of hydrogen-bond donors (Lipinski definition) is 3. The van der Waals surface area contributed by atoms with E-state index in [9.17, 15) is 10.2 Å². The SMILES string of the molecule is C/C=C1/C[N+]2(C)CCc3c([nH]c4ccc(O)cc34)[C@@H]2C[C@@H]1CCO. The first-order chi connectivity index (χ1) is 11.6. The molecule has 1 aromatic carbocycles. The Morgan fingerprint density at radius 3 is 2.96 bits per heavy atom. The highest BCUT2D eigenvalue weighted by atomic mass is 16.3. The number of nitrogens with one attached hydrogen (secondary N) is 1. The van der Waals surface area contributed by atoms with Gasteiger partial charge in [0, 0.05) is 30.4 Å². The minimum Gasteiger partial charge on any atom is -0.508 e. The summed E-state index contributed by atoms with van der Waals surface area (Å²) in [6.07, 6.45) is 5.25. The van der Waals surface area contributed by atoms with E-state index >= 15 is 0 Å². The largest absolute Gasteiger partial charge is 0.508 e. The molecule has 0 radical (unpaired) electrons. The number of aliphatic hydroxyl groups is 1. The molecule has 3 atom stereocenters. The Bertz CT molecular complexity index is 807. The molecule has 3 heterocycles. The summed E-state index contributed by atoms with van der Waals surface area (Å²) in [7, 11) is 2.37. The van der Waals surface area contributed by atoms with Gasteiger partial charge in [-0.3, -0.25) is 0 Å². The van der Waals surface area contributed by atoms with Crippen LogP contribution in [0.3, 0.4) is 0 Å². The van der Waals surface area contributed by atoms with Gasteiger partial charge in [-0.2, -0.15) is 0 Å². The summed E-state index contributed by atoms with van der Waals surface area (Å²) < 4.78 is 1.05. The van der Waals surface area contributed by atoms with Crippen LogP contribution < -0.4 is 0 Å². The number of aromatic nitrogens is 1. The second kappa shape index (κ2) is 5.64. The van der Waals surface area contributed by atoms with Crippen LogP contribution in [0.15, 0.2) is 29.8 Å². The number of benzene rings is 1. The van der Waals surface area contributed by atoms with Crippen molar-refractivity contribution in [1.29, 1.82) is 0 Å². The topological polar surface area (TPSA) is 56.2 Å². The molecule has 4 rings (SSSR count). The van der Waals surface area contributed by atoms with Gasteiger partial charge in [-0.1, -0.05) is 6.08 Å². The predicted octanol–water partition coefficient (Wildman–Crippen LogP) is 3.27. The lowest BCUT2D eigenvalue weighted by molar-refractivity contribution is -0.942. The maximum atomic E-state index is 9.86. The fourth-order valence-corrected chi connectivity index (χ4v) is 4.96. The second-order valence-corrected chi connectivity index (χ2v) is 7.68. The van der Waals surface area contributed by atoms with Crippen molar-refractivity contribution in [3.63, 3.8) is 0 Å². The van der Waals surface area contributed by atoms with Gasteiger partial charge in [-0.15, -0.1) is 0 Å². The zero-order chi connectivity index (χ0) is 16.9. The van der Waals surface area contributed by atoms with Gasteiger partial charge in [0.1, 0.15) is 18.3 Å². The Morgan fingerprint density at radius 1 is 1.38 bits per heavy atom. The lowest BCUT2D eigenvalue weighted by atomic mass is 9.78. The van der Waals surface area contributed by atoms with E-state index in [1.54, 1.807) is 6.07 Å². The number of quaternary nitrogens is 1. The van der Waals surface area contributed by atoms with Crippen LogP contribution in [0.2, 0.25) is 0 Å². The Hall–Kier alpha value is -1.78. The molecular weight excluding hydrogens is 300 g/mol. The third-order valence-corrected chi connectivity index (χ3v) is 6.31. The maximum Gasteiger partial charge on any atom is 0.131 e. The van der Waals surface area contributed by atoms with Gasteiger partial charge in [0.05, 0.1) is 19.3 Å². The van der Waals surface area contributed by atoms with Crippen molar-refractivity contribution in [3.8, 4) is 5.75 Å². The number of aromatic hydroxyl groups is 1. The standard InChI is InChI=1S/C20H26N2O2/c1-3-13-12-22(2)8-6-16-17-11-15(24)4-5-18(17)21-20(16)19(22)10-14(13)7-9-23/h3-5,11,14,19,21,23H,6-10,12H2,1-2H3/p+1/b13-3-/t14-,19-,22?/m0/s1. The van der Waals surface area contributed by atoms with Gasteiger partial charge in [-0.05, 0) is 48.6 Å². The molecule has 0 bridgehead atoms. The number of phenolic OH excluding ortho intramolecular Hbond substituents is 1. The van der Waals surface area contributed by atoms with Crippen molar-refractivity contribution in [2.75, 3.05) is 26.7 Å². The van der Waals surface area contributed by atoms with Crippen molar-refractivity contribution in [3.05, 3.63) is 41.1 Å². The number of H-pyrrole nitrogens is 1. The minimum absolute atomic E-state index is 0.256. The van der Waals surface area contributed by atoms with Gasteiger partial charge >= 0.3 is 0 Å². The maximum absolute atomic E-state index is 9.86. The molecule has 128 valence electrons. The minimum atomic E-state index is 0.256. The van der Waals surface area contributed by atoms with E-state index in [2.05, 4.69) is 25.0 Å². The first-order valence-electron chi connectivity index (χ1n) is 8.99. The van der Waals surface area contributed by atoms with E-state index in [0.717, 1.165) is 42.4 Å². The van der Waals surface area contributed by atoms with Crippen LogP contribution >= 0.6 is 0 Å². The van der Waals surface area contributed by atoms with Gasteiger partial charge in [0.25, 0.3) is 0 Å². The van der Waals surface area contributed by atoms with Crippen LogP contribution in [0, 0.1) is 5.92 Å². The van der Waals surface area contributed by atoms with Crippen molar-refractivity contribution in [2.45, 2.75) is 32.2 Å². The molecule has 1 aromatic heterocycles. The Labute approximate surface area is 143 Å². The summed E-state index contributed by atoms with van der Waals surface area (Å²) in [6.45, 7) is 4.59. The Kier molecular flexibility index (Phi) is 3.70. The van der Waals surface area contributed by atoms with E-state index in [4.69, 9.17) is 0 Å². The van der Waals surface area contributed by atoms with E-state index in [1.807, 2.05) is 12.1 Å². The molecule has 4 heteroatoms. The fraction of sp³-hybridized carbons (Fsp3) is 0.500. The van der Waals surface area contributed by atoms with Crippen molar-refractivity contribution in [2.24, 2.45) is 5.92 Å². The fourth-order valence-electron chi connectivity index (χ4n) is 4.96. The number of phenols is 1. The van der Waals surface area contributed by atoms with Crippen LogP contribution in [-0.4, -0.2) is 46.4 Å². The third kappa shape index (κ3) is 2.28. The Balaban J connectivity index is 1.80. The summed E-state index contributed by atoms with van der Waals surface area (Å²) in [5, 5.41) is 20.5. The highest BCUT2D eigenvalue weighted by Crippen LogP contribution is 2.47. The van der Waals surface area contributed by atoms with Crippen LogP contribution in [-0.2, 0) is 6.42 Å². The molecule has 24 heavy (non-hydrogen) atoms. The number of piperidine rings is 1. The number of likely N-dealkylation sites (N-methyl/N-ethyl adjacent to an activating group) is 1. The van der Waals surface area contributed by atoms with Crippen molar-refractivity contribution >= 4 is 10.9 Å². The number of aromatic amines is 1. The molecule has 4 nitrogen and oxygen atoms in total. The number of rotatable bonds is 2. The number of hydrogen-bond acceptors (Lipinski definition) is 2. The van der Waals surface area contributed by atoms with Crippen LogP contribution in [0.4, 0.5) is 0 Å². The van der Waals surface area contributed by atoms with Gasteiger partial charge in [-0.25, -0.2) is 0 Å². The first-order valence-corrected chi connectivity index (χ1v) is 8.99. The number of nitrogens with zero attached hydrogens (tertiary/aromatic N) is 1. The van der Waals surface area contributed by atoms with E-state index < -0.39 is 0 Å². The molecule has 2 aliphatic heterocycles. The lowest BCUT2D eigenvalue weighted by Crippen LogP contribution is -2.56. The molecule has 1 unspecified atom stereocenters. The van der Waals surface area contributed by atoms with Gasteiger partial charge in [0.15, 0.2) is 0 Å². The highest BCUT2D eigenvalue weighted by Gasteiger charge is 2.46. The molecular formula is C20H27N2O2+. The average Bonchev–Trinajstić information content (AvgIpc) is 2.93. The number of allylic oxidation sites excluding steroid dienone is 1. The highest BCUT2D eigenvalue weighted by molar-refractivity contribution is 5.86. The first kappa shape index (κ1) is 15.7. The summed E-state index contributed by atoms with van der Waals surface area (Å²) in [6, 6.07) is 6.08. The number of aliphatic hydroxyl groups excluding tert-OH is 1. The molecule has 3 N–H and O–H groups in total. The smallest absolute Gasteiger partial charge is 0.131 e. The quantitative estimate of drug-likeness (QED) is 0.586. The molecule has 0 aliphatic carbocycles. The zero-order valence-electron chi connectivity index (χ0n) is 14.5.